The molecule has 0 aromatic carbocycles. The predicted molar refractivity (Wildman–Crippen MR) is 30.1 cm³/mol. The summed E-state index contributed by atoms with van der Waals surface area (Å²) in [6.07, 6.45) is -0.243. The number of epoxide rings is 1. The van der Waals surface area contributed by atoms with E-state index in [2.05, 4.69) is 10.1 Å². The van der Waals surface area contributed by atoms with Crippen LogP contribution in [0.5, 0.6) is 0 Å². The average molecular weight is 131 g/mol. The molecule has 52 valence electrons. The summed E-state index contributed by atoms with van der Waals surface area (Å²) < 4.78 is 9.44. The molecule has 0 spiro atoms. The summed E-state index contributed by atoms with van der Waals surface area (Å²) in [4.78, 5) is 10.4. The van der Waals surface area contributed by atoms with Gasteiger partial charge in [-0.1, -0.05) is 0 Å². The van der Waals surface area contributed by atoms with Gasteiger partial charge in [0, 0.05) is 7.05 Å². The summed E-state index contributed by atoms with van der Waals surface area (Å²) in [5.41, 5.74) is 0. The molecule has 1 amide bonds. The van der Waals surface area contributed by atoms with Gasteiger partial charge in [0.2, 0.25) is 0 Å². The van der Waals surface area contributed by atoms with Gasteiger partial charge in [-0.3, -0.25) is 0 Å². The van der Waals surface area contributed by atoms with Crippen LogP contribution in [0.4, 0.5) is 4.79 Å². The summed E-state index contributed by atoms with van der Waals surface area (Å²) in [5, 5.41) is 2.33. The quantitative estimate of drug-likeness (QED) is 0.525. The Bertz CT molecular complexity index is 111. The second kappa shape index (κ2) is 2.68. The topological polar surface area (TPSA) is 50.9 Å². The molecule has 9 heavy (non-hydrogen) atoms. The fourth-order valence-electron chi connectivity index (χ4n) is 0.405. The Balaban J connectivity index is 1.96. The van der Waals surface area contributed by atoms with Crippen LogP contribution in [-0.2, 0) is 9.47 Å². The van der Waals surface area contributed by atoms with Crippen molar-refractivity contribution >= 4 is 6.09 Å². The highest BCUT2D eigenvalue weighted by Gasteiger charge is 2.23. The third-order valence-electron chi connectivity index (χ3n) is 1.01. The van der Waals surface area contributed by atoms with Gasteiger partial charge in [0.05, 0.1) is 6.61 Å². The lowest BCUT2D eigenvalue weighted by atomic mass is 10.5. The SMILES string of the molecule is CNC(=O)OC[C@@H]1CO1. The molecule has 1 heterocycles. The highest BCUT2D eigenvalue weighted by atomic mass is 16.6. The lowest BCUT2D eigenvalue weighted by Gasteiger charge is -1.98. The number of hydrogen-bond donors (Lipinski definition) is 1. The van der Waals surface area contributed by atoms with Crippen LogP contribution in [0.1, 0.15) is 0 Å². The summed E-state index contributed by atoms with van der Waals surface area (Å²) in [7, 11) is 1.52. The Morgan fingerprint density at radius 2 is 2.67 bits per heavy atom. The number of hydrogen-bond acceptors (Lipinski definition) is 3. The molecule has 1 rings (SSSR count). The molecule has 1 aliphatic rings. The average Bonchev–Trinajstić information content (AvgIpc) is 2.65. The first-order valence-electron chi connectivity index (χ1n) is 2.79. The van der Waals surface area contributed by atoms with E-state index in [0.717, 1.165) is 6.61 Å². The molecule has 1 N–H and O–H groups in total. The van der Waals surface area contributed by atoms with Crippen LogP contribution in [-0.4, -0.2) is 32.5 Å². The number of ether oxygens (including phenoxy) is 2. The van der Waals surface area contributed by atoms with E-state index in [9.17, 15) is 4.79 Å². The molecule has 0 aromatic heterocycles. The van der Waals surface area contributed by atoms with Gasteiger partial charge < -0.3 is 14.8 Å². The van der Waals surface area contributed by atoms with Crippen LogP contribution in [0.25, 0.3) is 0 Å². The smallest absolute Gasteiger partial charge is 0.406 e. The molecule has 1 atom stereocenters. The van der Waals surface area contributed by atoms with Gasteiger partial charge in [-0.25, -0.2) is 4.79 Å². The van der Waals surface area contributed by atoms with Gasteiger partial charge in [0.25, 0.3) is 0 Å². The van der Waals surface area contributed by atoms with Gasteiger partial charge in [-0.2, -0.15) is 0 Å². The van der Waals surface area contributed by atoms with Crippen LogP contribution in [0.15, 0.2) is 0 Å². The molecule has 0 bridgehead atoms. The van der Waals surface area contributed by atoms with E-state index < -0.39 is 6.09 Å². The van der Waals surface area contributed by atoms with E-state index in [1.807, 2.05) is 0 Å². The van der Waals surface area contributed by atoms with Crippen molar-refractivity contribution in [3.8, 4) is 0 Å². The highest BCUT2D eigenvalue weighted by molar-refractivity contribution is 5.66. The zero-order valence-corrected chi connectivity index (χ0v) is 5.22. The summed E-state index contributed by atoms with van der Waals surface area (Å²) in [5.74, 6) is 0. The van der Waals surface area contributed by atoms with Crippen molar-refractivity contribution < 1.29 is 14.3 Å². The Hall–Kier alpha value is -0.770. The van der Waals surface area contributed by atoms with Gasteiger partial charge in [-0.05, 0) is 0 Å². The number of nitrogens with one attached hydrogen (secondary N) is 1. The minimum absolute atomic E-state index is 0.155. The normalized spacial score (nSPS) is 23.0. The van der Waals surface area contributed by atoms with E-state index in [0.29, 0.717) is 6.61 Å². The van der Waals surface area contributed by atoms with Crippen LogP contribution in [0.2, 0.25) is 0 Å². The molecule has 0 saturated carbocycles. The first-order chi connectivity index (χ1) is 4.33. The van der Waals surface area contributed by atoms with E-state index in [1.54, 1.807) is 0 Å². The molecule has 1 aliphatic heterocycles. The molecule has 0 aromatic rings. The molecule has 0 unspecified atom stereocenters. The second-order valence-electron chi connectivity index (χ2n) is 1.80. The van der Waals surface area contributed by atoms with Crippen LogP contribution in [0, 0.1) is 0 Å². The maximum Gasteiger partial charge on any atom is 0.406 e. The van der Waals surface area contributed by atoms with Crippen molar-refractivity contribution in [3.05, 3.63) is 0 Å². The number of carbonyl (C=O) groups is 1. The van der Waals surface area contributed by atoms with Crippen LogP contribution < -0.4 is 5.32 Å². The minimum Gasteiger partial charge on any atom is -0.447 e. The predicted octanol–water partition coefficient (Wildman–Crippen LogP) is -0.259. The zero-order chi connectivity index (χ0) is 6.69. The molecule has 4 nitrogen and oxygen atoms in total. The largest absolute Gasteiger partial charge is 0.447 e. The van der Waals surface area contributed by atoms with Crippen molar-refractivity contribution in [2.45, 2.75) is 6.10 Å². The molecule has 4 heteroatoms. The van der Waals surface area contributed by atoms with Crippen molar-refractivity contribution in [2.24, 2.45) is 0 Å². The maximum absolute atomic E-state index is 10.4. The van der Waals surface area contributed by atoms with Crippen molar-refractivity contribution in [3.63, 3.8) is 0 Å². The van der Waals surface area contributed by atoms with Gasteiger partial charge in [0.15, 0.2) is 0 Å². The maximum atomic E-state index is 10.4. The Kier molecular flexibility index (Phi) is 1.89. The zero-order valence-electron chi connectivity index (χ0n) is 5.22. The molecule has 0 radical (unpaired) electrons. The van der Waals surface area contributed by atoms with E-state index in [-0.39, 0.29) is 6.10 Å². The summed E-state index contributed by atoms with van der Waals surface area (Å²) in [6, 6.07) is 0. The van der Waals surface area contributed by atoms with Crippen molar-refractivity contribution in [1.82, 2.24) is 5.32 Å². The highest BCUT2D eigenvalue weighted by Crippen LogP contribution is 2.07. The van der Waals surface area contributed by atoms with Gasteiger partial charge in [-0.15, -0.1) is 0 Å². The first-order valence-corrected chi connectivity index (χ1v) is 2.79. The first kappa shape index (κ1) is 6.35. The van der Waals surface area contributed by atoms with E-state index >= 15 is 0 Å². The number of rotatable bonds is 2. The lowest BCUT2D eigenvalue weighted by Crippen LogP contribution is -2.21. The standard InChI is InChI=1S/C5H9NO3/c1-6-5(7)9-3-4-2-8-4/h4H,2-3H2,1H3,(H,6,7)/t4-/m0/s1. The van der Waals surface area contributed by atoms with E-state index in [1.165, 1.54) is 7.05 Å². The minimum atomic E-state index is -0.398. The molecular weight excluding hydrogens is 122 g/mol. The van der Waals surface area contributed by atoms with E-state index in [4.69, 9.17) is 4.74 Å². The van der Waals surface area contributed by atoms with Gasteiger partial charge >= 0.3 is 6.09 Å². The third kappa shape index (κ3) is 2.32. The molecule has 1 saturated heterocycles. The van der Waals surface area contributed by atoms with Crippen molar-refractivity contribution in [1.29, 1.82) is 0 Å². The van der Waals surface area contributed by atoms with Crippen LogP contribution >= 0.6 is 0 Å². The number of amides is 1. The molecular formula is C5H9NO3. The van der Waals surface area contributed by atoms with Gasteiger partial charge in [0.1, 0.15) is 12.7 Å². The fraction of sp³-hybridized carbons (Fsp3) is 0.800. The molecule has 0 aliphatic carbocycles. The second-order valence-corrected chi connectivity index (χ2v) is 1.80. The number of carbonyl (C=O) groups excluding carboxylic acids is 1. The van der Waals surface area contributed by atoms with Crippen LogP contribution in [0.3, 0.4) is 0 Å². The Labute approximate surface area is 53.1 Å². The fourth-order valence-corrected chi connectivity index (χ4v) is 0.405. The third-order valence-corrected chi connectivity index (χ3v) is 1.01. The Morgan fingerprint density at radius 1 is 2.00 bits per heavy atom. The number of alkyl carbamates (subject to hydrolysis) is 1. The summed E-state index contributed by atoms with van der Waals surface area (Å²) >= 11 is 0. The summed E-state index contributed by atoms with van der Waals surface area (Å²) in [6.45, 7) is 1.09. The Morgan fingerprint density at radius 3 is 3.11 bits per heavy atom. The van der Waals surface area contributed by atoms with Crippen molar-refractivity contribution in [2.75, 3.05) is 20.3 Å². The lowest BCUT2D eigenvalue weighted by molar-refractivity contribution is 0.138. The molecule has 1 fully saturated rings. The monoisotopic (exact) mass is 131 g/mol.